The lowest BCUT2D eigenvalue weighted by Crippen LogP contribution is -2.26. The molecule has 1 saturated carbocycles. The van der Waals surface area contributed by atoms with Crippen molar-refractivity contribution in [3.63, 3.8) is 0 Å². The van der Waals surface area contributed by atoms with Crippen molar-refractivity contribution in [3.05, 3.63) is 11.3 Å². The summed E-state index contributed by atoms with van der Waals surface area (Å²) < 4.78 is 4.91. The summed E-state index contributed by atoms with van der Waals surface area (Å²) in [5.74, 6) is 0.0914. The SMILES string of the molecule is COCCN/C(C)=C1\C(=N)CCCC1=O. The molecule has 1 rings (SSSR count). The minimum absolute atomic E-state index is 0.0914. The lowest BCUT2D eigenvalue weighted by Gasteiger charge is -2.18. The highest BCUT2D eigenvalue weighted by Crippen LogP contribution is 2.18. The Balaban J connectivity index is 2.67. The normalized spacial score (nSPS) is 20.4. The molecule has 0 saturated heterocycles. The van der Waals surface area contributed by atoms with Gasteiger partial charge in [0.1, 0.15) is 0 Å². The number of nitrogens with one attached hydrogen (secondary N) is 2. The molecule has 0 unspecified atom stereocenters. The molecule has 0 aromatic rings. The van der Waals surface area contributed by atoms with Crippen LogP contribution in [0.5, 0.6) is 0 Å². The Kier molecular flexibility index (Phi) is 4.49. The van der Waals surface area contributed by atoms with Crippen molar-refractivity contribution in [1.29, 1.82) is 5.41 Å². The summed E-state index contributed by atoms with van der Waals surface area (Å²) in [5, 5.41) is 10.8. The Hall–Kier alpha value is -1.16. The second-order valence-corrected chi connectivity index (χ2v) is 3.67. The van der Waals surface area contributed by atoms with Gasteiger partial charge in [-0.1, -0.05) is 0 Å². The Morgan fingerprint density at radius 3 is 2.87 bits per heavy atom. The maximum Gasteiger partial charge on any atom is 0.166 e. The van der Waals surface area contributed by atoms with Gasteiger partial charge in [-0.2, -0.15) is 0 Å². The number of allylic oxidation sites excluding steroid dienone is 2. The van der Waals surface area contributed by atoms with E-state index >= 15 is 0 Å². The number of carbonyl (C=O) groups is 1. The number of rotatable bonds is 4. The second kappa shape index (κ2) is 5.66. The van der Waals surface area contributed by atoms with Crippen LogP contribution in [0.3, 0.4) is 0 Å². The smallest absolute Gasteiger partial charge is 0.166 e. The first-order chi connectivity index (χ1) is 7.16. The van der Waals surface area contributed by atoms with Crippen molar-refractivity contribution in [1.82, 2.24) is 5.32 Å². The van der Waals surface area contributed by atoms with Gasteiger partial charge >= 0.3 is 0 Å². The third-order valence-corrected chi connectivity index (χ3v) is 2.48. The van der Waals surface area contributed by atoms with Gasteiger partial charge in [-0.3, -0.25) is 4.79 Å². The molecule has 84 valence electrons. The Morgan fingerprint density at radius 1 is 1.53 bits per heavy atom. The predicted molar refractivity (Wildman–Crippen MR) is 59.2 cm³/mol. The van der Waals surface area contributed by atoms with Crippen LogP contribution in [0.4, 0.5) is 0 Å². The van der Waals surface area contributed by atoms with Crippen LogP contribution in [-0.4, -0.2) is 31.8 Å². The lowest BCUT2D eigenvalue weighted by molar-refractivity contribution is -0.115. The first-order valence-corrected chi connectivity index (χ1v) is 5.21. The molecule has 0 spiro atoms. The van der Waals surface area contributed by atoms with E-state index < -0.39 is 0 Å². The van der Waals surface area contributed by atoms with Gasteiger partial charge in [0.05, 0.1) is 12.2 Å². The summed E-state index contributed by atoms with van der Waals surface area (Å²) in [6.07, 6.45) is 2.10. The van der Waals surface area contributed by atoms with Crippen molar-refractivity contribution in [2.24, 2.45) is 0 Å². The fourth-order valence-electron chi connectivity index (χ4n) is 1.71. The lowest BCUT2D eigenvalue weighted by atomic mass is 9.90. The molecule has 1 aliphatic carbocycles. The van der Waals surface area contributed by atoms with Gasteiger partial charge in [0.2, 0.25) is 0 Å². The molecule has 1 aliphatic rings. The molecule has 0 bridgehead atoms. The highest BCUT2D eigenvalue weighted by Gasteiger charge is 2.22. The van der Waals surface area contributed by atoms with Crippen LogP contribution in [0.15, 0.2) is 11.3 Å². The number of methoxy groups -OCH3 is 1. The number of ketones is 1. The van der Waals surface area contributed by atoms with E-state index in [9.17, 15) is 4.79 Å². The van der Waals surface area contributed by atoms with Crippen molar-refractivity contribution >= 4 is 11.5 Å². The van der Waals surface area contributed by atoms with E-state index in [4.69, 9.17) is 10.1 Å². The van der Waals surface area contributed by atoms with Crippen molar-refractivity contribution < 1.29 is 9.53 Å². The van der Waals surface area contributed by atoms with E-state index in [1.165, 1.54) is 0 Å². The first-order valence-electron chi connectivity index (χ1n) is 5.21. The number of carbonyl (C=O) groups excluding carboxylic acids is 1. The molecule has 1 fully saturated rings. The van der Waals surface area contributed by atoms with E-state index in [-0.39, 0.29) is 5.78 Å². The van der Waals surface area contributed by atoms with E-state index in [0.717, 1.165) is 12.1 Å². The number of ether oxygens (including phenoxy) is 1. The zero-order chi connectivity index (χ0) is 11.3. The number of hydrogen-bond acceptors (Lipinski definition) is 4. The maximum atomic E-state index is 11.6. The van der Waals surface area contributed by atoms with Gasteiger partial charge < -0.3 is 15.5 Å². The summed E-state index contributed by atoms with van der Waals surface area (Å²) >= 11 is 0. The monoisotopic (exact) mass is 210 g/mol. The second-order valence-electron chi connectivity index (χ2n) is 3.67. The quantitative estimate of drug-likeness (QED) is 0.542. The van der Waals surface area contributed by atoms with Crippen LogP contribution < -0.4 is 5.32 Å². The summed E-state index contributed by atoms with van der Waals surface area (Å²) in [7, 11) is 1.64. The minimum Gasteiger partial charge on any atom is -0.386 e. The van der Waals surface area contributed by atoms with Crippen LogP contribution >= 0.6 is 0 Å². The summed E-state index contributed by atoms with van der Waals surface area (Å²) in [4.78, 5) is 11.6. The third kappa shape index (κ3) is 3.16. The first kappa shape index (κ1) is 11.9. The van der Waals surface area contributed by atoms with Crippen LogP contribution in [0, 0.1) is 5.41 Å². The molecule has 2 N–H and O–H groups in total. The van der Waals surface area contributed by atoms with E-state index in [2.05, 4.69) is 5.32 Å². The molecule has 4 nitrogen and oxygen atoms in total. The topological polar surface area (TPSA) is 62.2 Å². The molecule has 0 radical (unpaired) electrons. The average Bonchev–Trinajstić information content (AvgIpc) is 2.18. The average molecular weight is 210 g/mol. The van der Waals surface area contributed by atoms with Crippen LogP contribution in [-0.2, 0) is 9.53 Å². The van der Waals surface area contributed by atoms with E-state index in [1.54, 1.807) is 7.11 Å². The molecule has 0 aromatic heterocycles. The third-order valence-electron chi connectivity index (χ3n) is 2.48. The molecule has 0 amide bonds. The van der Waals surface area contributed by atoms with Crippen LogP contribution in [0.25, 0.3) is 0 Å². The van der Waals surface area contributed by atoms with E-state index in [1.807, 2.05) is 6.92 Å². The molecular formula is C11H18N2O2. The highest BCUT2D eigenvalue weighted by molar-refractivity contribution is 6.23. The fourth-order valence-corrected chi connectivity index (χ4v) is 1.71. The molecule has 15 heavy (non-hydrogen) atoms. The van der Waals surface area contributed by atoms with Crippen LogP contribution in [0.1, 0.15) is 26.2 Å². The predicted octanol–water partition coefficient (Wildman–Crippen LogP) is 1.27. The Morgan fingerprint density at radius 2 is 2.27 bits per heavy atom. The summed E-state index contributed by atoms with van der Waals surface area (Å²) in [6, 6.07) is 0. The Labute approximate surface area is 90.2 Å². The largest absolute Gasteiger partial charge is 0.386 e. The van der Waals surface area contributed by atoms with Crippen molar-refractivity contribution in [2.75, 3.05) is 20.3 Å². The molecular weight excluding hydrogens is 192 g/mol. The highest BCUT2D eigenvalue weighted by atomic mass is 16.5. The van der Waals surface area contributed by atoms with Gasteiger partial charge in [-0.15, -0.1) is 0 Å². The van der Waals surface area contributed by atoms with E-state index in [0.29, 0.717) is 37.3 Å². The summed E-state index contributed by atoms with van der Waals surface area (Å²) in [5.41, 5.74) is 1.85. The molecule has 0 heterocycles. The molecule has 0 aliphatic heterocycles. The maximum absolute atomic E-state index is 11.6. The van der Waals surface area contributed by atoms with Crippen molar-refractivity contribution in [2.45, 2.75) is 26.2 Å². The zero-order valence-electron chi connectivity index (χ0n) is 9.35. The molecule has 0 aromatic carbocycles. The van der Waals surface area contributed by atoms with Gasteiger partial charge in [-0.05, 0) is 19.8 Å². The van der Waals surface area contributed by atoms with Gasteiger partial charge in [0.25, 0.3) is 0 Å². The number of hydrogen-bond donors (Lipinski definition) is 2. The zero-order valence-corrected chi connectivity index (χ0v) is 9.35. The molecule has 4 heteroatoms. The van der Waals surface area contributed by atoms with Crippen molar-refractivity contribution in [3.8, 4) is 0 Å². The number of Topliss-reactive ketones (excluding diaryl/α,β-unsaturated/α-hetero) is 1. The van der Waals surface area contributed by atoms with Gasteiger partial charge in [-0.25, -0.2) is 0 Å². The Bertz CT molecular complexity index is 277. The fraction of sp³-hybridized carbons (Fsp3) is 0.636. The standard InChI is InChI=1S/C11H18N2O2/c1-8(13-6-7-15-2)11-9(12)4-3-5-10(11)14/h12-13H,3-7H2,1-2H3/b11-8+,12-9?. The minimum atomic E-state index is 0.0914. The molecule has 0 atom stereocenters. The van der Waals surface area contributed by atoms with Gasteiger partial charge in [0, 0.05) is 31.5 Å². The van der Waals surface area contributed by atoms with Gasteiger partial charge in [0.15, 0.2) is 5.78 Å². The van der Waals surface area contributed by atoms with Crippen LogP contribution in [0.2, 0.25) is 0 Å². The summed E-state index contributed by atoms with van der Waals surface area (Å²) in [6.45, 7) is 3.13.